The average Bonchev–Trinajstić information content (AvgIpc) is 3.04. The van der Waals surface area contributed by atoms with E-state index in [0.717, 1.165) is 0 Å². The molecule has 100 valence electrons. The molecule has 0 spiro atoms. The van der Waals surface area contributed by atoms with Crippen LogP contribution < -0.4 is 5.32 Å². The summed E-state index contributed by atoms with van der Waals surface area (Å²) in [6.07, 6.45) is 1.84. The number of carbonyl (C=O) groups is 2. The van der Waals surface area contributed by atoms with E-state index in [2.05, 4.69) is 10.3 Å². The van der Waals surface area contributed by atoms with Gasteiger partial charge in [0.25, 0.3) is 5.91 Å². The van der Waals surface area contributed by atoms with Crippen molar-refractivity contribution in [2.45, 2.75) is 19.4 Å². The van der Waals surface area contributed by atoms with E-state index in [1.165, 1.54) is 17.6 Å². The summed E-state index contributed by atoms with van der Waals surface area (Å²) in [5, 5.41) is 13.4. The highest BCUT2D eigenvalue weighted by Crippen LogP contribution is 2.23. The molecular formula is C12H12N2O4S. The Bertz CT molecular complexity index is 576. The summed E-state index contributed by atoms with van der Waals surface area (Å²) in [4.78, 5) is 26.8. The Labute approximate surface area is 113 Å². The van der Waals surface area contributed by atoms with Crippen LogP contribution in [0.4, 0.5) is 0 Å². The van der Waals surface area contributed by atoms with Gasteiger partial charge in [-0.05, 0) is 18.6 Å². The second-order valence-electron chi connectivity index (χ2n) is 3.79. The molecule has 7 heteroatoms. The molecule has 1 amide bonds. The third-order valence-electron chi connectivity index (χ3n) is 2.48. The van der Waals surface area contributed by atoms with E-state index in [1.807, 2.05) is 0 Å². The smallest absolute Gasteiger partial charge is 0.326 e. The first-order valence-electron chi connectivity index (χ1n) is 5.65. The highest BCUT2D eigenvalue weighted by molar-refractivity contribution is 7.13. The number of nitrogens with one attached hydrogen (secondary N) is 1. The number of nitrogens with zero attached hydrogens (tertiary/aromatic N) is 1. The molecule has 0 fully saturated rings. The van der Waals surface area contributed by atoms with Crippen LogP contribution >= 0.6 is 11.3 Å². The fraction of sp³-hybridized carbons (Fsp3) is 0.250. The molecular weight excluding hydrogens is 268 g/mol. The Morgan fingerprint density at radius 1 is 1.58 bits per heavy atom. The second-order valence-corrected chi connectivity index (χ2v) is 4.65. The van der Waals surface area contributed by atoms with Gasteiger partial charge in [-0.2, -0.15) is 0 Å². The summed E-state index contributed by atoms with van der Waals surface area (Å²) in [5.74, 6) is -0.977. The minimum atomic E-state index is -1.06. The first kappa shape index (κ1) is 13.3. The first-order chi connectivity index (χ1) is 9.11. The van der Waals surface area contributed by atoms with Crippen LogP contribution in [0.3, 0.4) is 0 Å². The summed E-state index contributed by atoms with van der Waals surface area (Å²) >= 11 is 1.27. The molecule has 2 aromatic heterocycles. The normalized spacial score (nSPS) is 12.1. The van der Waals surface area contributed by atoms with Gasteiger partial charge in [0.15, 0.2) is 10.8 Å². The van der Waals surface area contributed by atoms with Crippen LogP contribution in [-0.4, -0.2) is 28.0 Å². The zero-order valence-electron chi connectivity index (χ0n) is 10.1. The molecule has 0 aliphatic carbocycles. The minimum Gasteiger partial charge on any atom is -0.480 e. The van der Waals surface area contributed by atoms with Gasteiger partial charge >= 0.3 is 5.97 Å². The van der Waals surface area contributed by atoms with Gasteiger partial charge in [-0.3, -0.25) is 4.79 Å². The predicted molar refractivity (Wildman–Crippen MR) is 69.0 cm³/mol. The molecule has 2 heterocycles. The lowest BCUT2D eigenvalue weighted by Gasteiger charge is -2.10. The molecule has 1 unspecified atom stereocenters. The standard InChI is InChI=1S/C12H12N2O4S/c1-2-7(12(16)17)13-10(15)8-6-19-11(14-8)9-4-3-5-18-9/h3-7H,2H2,1H3,(H,13,15)(H,16,17). The number of carboxylic acids is 1. The van der Waals surface area contributed by atoms with Crippen molar-refractivity contribution in [3.63, 3.8) is 0 Å². The second kappa shape index (κ2) is 5.66. The number of thiazole rings is 1. The molecule has 0 aliphatic heterocycles. The van der Waals surface area contributed by atoms with Gasteiger partial charge in [0.2, 0.25) is 0 Å². The molecule has 2 aromatic rings. The zero-order chi connectivity index (χ0) is 13.8. The van der Waals surface area contributed by atoms with Gasteiger partial charge in [-0.1, -0.05) is 6.92 Å². The van der Waals surface area contributed by atoms with Crippen molar-refractivity contribution in [3.05, 3.63) is 29.5 Å². The lowest BCUT2D eigenvalue weighted by Crippen LogP contribution is -2.40. The molecule has 0 aliphatic rings. The van der Waals surface area contributed by atoms with Crippen LogP contribution in [0.2, 0.25) is 0 Å². The van der Waals surface area contributed by atoms with Crippen LogP contribution in [0.15, 0.2) is 28.2 Å². The molecule has 6 nitrogen and oxygen atoms in total. The maximum Gasteiger partial charge on any atom is 0.326 e. The van der Waals surface area contributed by atoms with Crippen LogP contribution in [0.1, 0.15) is 23.8 Å². The number of hydrogen-bond donors (Lipinski definition) is 2. The van der Waals surface area contributed by atoms with Crippen LogP contribution in [0.25, 0.3) is 10.8 Å². The van der Waals surface area contributed by atoms with Crippen molar-refractivity contribution in [1.29, 1.82) is 0 Å². The van der Waals surface area contributed by atoms with E-state index in [4.69, 9.17) is 9.52 Å². The lowest BCUT2D eigenvalue weighted by molar-refractivity contribution is -0.139. The van der Waals surface area contributed by atoms with Gasteiger partial charge in [0, 0.05) is 5.38 Å². The third kappa shape index (κ3) is 3.00. The van der Waals surface area contributed by atoms with Gasteiger partial charge in [-0.25, -0.2) is 9.78 Å². The summed E-state index contributed by atoms with van der Waals surface area (Å²) in [7, 11) is 0. The van der Waals surface area contributed by atoms with Crippen LogP contribution in [0, 0.1) is 0 Å². The van der Waals surface area contributed by atoms with Crippen molar-refractivity contribution in [2.75, 3.05) is 0 Å². The van der Waals surface area contributed by atoms with Crippen molar-refractivity contribution < 1.29 is 19.1 Å². The summed E-state index contributed by atoms with van der Waals surface area (Å²) in [6.45, 7) is 1.69. The number of aliphatic carboxylic acids is 1. The topological polar surface area (TPSA) is 92.4 Å². The fourth-order valence-corrected chi connectivity index (χ4v) is 2.23. The third-order valence-corrected chi connectivity index (χ3v) is 3.34. The number of furan rings is 1. The maximum absolute atomic E-state index is 11.8. The maximum atomic E-state index is 11.8. The van der Waals surface area contributed by atoms with E-state index in [0.29, 0.717) is 17.2 Å². The highest BCUT2D eigenvalue weighted by Gasteiger charge is 2.20. The quantitative estimate of drug-likeness (QED) is 0.873. The van der Waals surface area contributed by atoms with Gasteiger partial charge in [0.05, 0.1) is 6.26 Å². The van der Waals surface area contributed by atoms with Crippen LogP contribution in [-0.2, 0) is 4.79 Å². The summed E-state index contributed by atoms with van der Waals surface area (Å²) < 4.78 is 5.18. The SMILES string of the molecule is CCC(NC(=O)c1csc(-c2ccco2)n1)C(=O)O. The number of rotatable bonds is 5. The number of amides is 1. The van der Waals surface area contributed by atoms with Crippen molar-refractivity contribution in [3.8, 4) is 10.8 Å². The molecule has 0 aromatic carbocycles. The Hall–Kier alpha value is -2.15. The van der Waals surface area contributed by atoms with Crippen molar-refractivity contribution in [2.24, 2.45) is 0 Å². The lowest BCUT2D eigenvalue weighted by atomic mass is 10.2. The Morgan fingerprint density at radius 2 is 2.37 bits per heavy atom. The monoisotopic (exact) mass is 280 g/mol. The molecule has 1 atom stereocenters. The van der Waals surface area contributed by atoms with Gasteiger partial charge in [0.1, 0.15) is 11.7 Å². The van der Waals surface area contributed by atoms with Gasteiger partial charge in [-0.15, -0.1) is 11.3 Å². The number of hydrogen-bond acceptors (Lipinski definition) is 5. The van der Waals surface area contributed by atoms with E-state index in [9.17, 15) is 9.59 Å². The number of carbonyl (C=O) groups excluding carboxylic acids is 1. The van der Waals surface area contributed by atoms with Crippen molar-refractivity contribution >= 4 is 23.2 Å². The zero-order valence-corrected chi connectivity index (χ0v) is 10.9. The fourth-order valence-electron chi connectivity index (χ4n) is 1.46. The molecule has 2 N–H and O–H groups in total. The molecule has 2 rings (SSSR count). The van der Waals surface area contributed by atoms with E-state index in [1.54, 1.807) is 24.4 Å². The Kier molecular flexibility index (Phi) is 3.96. The molecule has 0 radical (unpaired) electrons. The molecule has 19 heavy (non-hydrogen) atoms. The molecule has 0 bridgehead atoms. The van der Waals surface area contributed by atoms with Crippen molar-refractivity contribution in [1.82, 2.24) is 10.3 Å². The average molecular weight is 280 g/mol. The summed E-state index contributed by atoms with van der Waals surface area (Å²) in [5.41, 5.74) is 0.191. The molecule has 0 saturated carbocycles. The first-order valence-corrected chi connectivity index (χ1v) is 6.53. The van der Waals surface area contributed by atoms with Gasteiger partial charge < -0.3 is 14.8 Å². The Morgan fingerprint density at radius 3 is 2.95 bits per heavy atom. The predicted octanol–water partition coefficient (Wildman–Crippen LogP) is 2.00. The van der Waals surface area contributed by atoms with E-state index in [-0.39, 0.29) is 5.69 Å². The van der Waals surface area contributed by atoms with E-state index >= 15 is 0 Å². The minimum absolute atomic E-state index is 0.191. The molecule has 0 saturated heterocycles. The van der Waals surface area contributed by atoms with E-state index < -0.39 is 17.9 Å². The highest BCUT2D eigenvalue weighted by atomic mass is 32.1. The van der Waals surface area contributed by atoms with Crippen LogP contribution in [0.5, 0.6) is 0 Å². The summed E-state index contributed by atoms with van der Waals surface area (Å²) in [6, 6.07) is 2.57. The Balaban J connectivity index is 2.10. The largest absolute Gasteiger partial charge is 0.480 e. The number of aromatic nitrogens is 1. The number of carboxylic acid groups (broad SMARTS) is 1.